The number of benzene rings is 2. The van der Waals surface area contributed by atoms with Gasteiger partial charge in [-0.25, -0.2) is 9.78 Å². The molecule has 25 nitrogen and oxygen atoms in total. The van der Waals surface area contributed by atoms with Gasteiger partial charge in [-0.05, 0) is 61.2 Å². The van der Waals surface area contributed by atoms with Crippen molar-refractivity contribution in [3.8, 4) is 0 Å². The van der Waals surface area contributed by atoms with Crippen LogP contribution in [0, 0.1) is 11.8 Å². The van der Waals surface area contributed by atoms with E-state index in [9.17, 15) is 43.5 Å². The zero-order valence-corrected chi connectivity index (χ0v) is 41.7. The first-order valence-corrected chi connectivity index (χ1v) is 24.0. The highest BCUT2D eigenvalue weighted by Crippen LogP contribution is 2.21. The number of carboxylic acid groups (broad SMARTS) is 1. The molecule has 0 spiro atoms. The number of aromatic nitrogens is 2. The average Bonchev–Trinajstić information content (AvgIpc) is 4.06. The molecular formula is C48H68N16O9. The van der Waals surface area contributed by atoms with E-state index < -0.39 is 101 Å². The number of amides is 7. The Morgan fingerprint density at radius 2 is 1.38 bits per heavy atom. The number of azide groups is 1. The Kier molecular flexibility index (Phi) is 22.6. The number of aromatic amines is 1. The van der Waals surface area contributed by atoms with Crippen LogP contribution in [-0.4, -0.2) is 142 Å². The van der Waals surface area contributed by atoms with Crippen molar-refractivity contribution >= 4 is 59.0 Å². The number of nitrogens with zero attached hydrogens (tertiary/aromatic N) is 6. The Balaban J connectivity index is 1.58. The third kappa shape index (κ3) is 18.3. The number of nitrogens with one attached hydrogen (secondary N) is 8. The molecule has 3 aromatic rings. The van der Waals surface area contributed by atoms with E-state index in [4.69, 9.17) is 17.0 Å². The van der Waals surface area contributed by atoms with E-state index in [0.29, 0.717) is 29.7 Å². The van der Waals surface area contributed by atoms with E-state index in [1.165, 1.54) is 29.6 Å². The predicted molar refractivity (Wildman–Crippen MR) is 269 cm³/mol. The number of nitrogens with two attached hydrogens (primary N) is 2. The smallest absolute Gasteiger partial charge is 0.326 e. The highest BCUT2D eigenvalue weighted by atomic mass is 16.4. The van der Waals surface area contributed by atoms with Gasteiger partial charge < -0.3 is 63.7 Å². The van der Waals surface area contributed by atoms with Gasteiger partial charge in [-0.1, -0.05) is 87.4 Å². The minimum absolute atomic E-state index is 0.00884. The molecule has 0 saturated carbocycles. The predicted octanol–water partition coefficient (Wildman–Crippen LogP) is -0.0512. The molecule has 2 heterocycles. The Bertz CT molecular complexity index is 2420. The van der Waals surface area contributed by atoms with Crippen LogP contribution in [0.2, 0.25) is 0 Å². The SMILES string of the molecule is CNCC(=O)N[C@@H](CCCN=C(N)N)C(=O)N[C@H](C(=O)N[C@@H](Cc1ccc(N=[N+]=[N-])cc1)C(=O)N[C@H](C(=O)N[C@@H](Cc1cnc[nH]1)C(=O)N1CCC[C@@H]1C(=O)N[C@@H](Cc1ccccc1)C(=O)O)C(C)C)C(C)C. The number of guanidine groups is 1. The number of H-pyrrole nitrogens is 1. The second kappa shape index (κ2) is 28.7. The summed E-state index contributed by atoms with van der Waals surface area (Å²) in [5.41, 5.74) is 21.8. The number of imidazole rings is 1. The first-order valence-electron chi connectivity index (χ1n) is 24.0. The molecule has 0 unspecified atom stereocenters. The van der Waals surface area contributed by atoms with Crippen LogP contribution in [0.5, 0.6) is 0 Å². The zero-order chi connectivity index (χ0) is 53.6. The van der Waals surface area contributed by atoms with Crippen LogP contribution in [0.3, 0.4) is 0 Å². The highest BCUT2D eigenvalue weighted by Gasteiger charge is 2.41. The summed E-state index contributed by atoms with van der Waals surface area (Å²) in [6, 6.07) is 6.38. The summed E-state index contributed by atoms with van der Waals surface area (Å²) in [4.78, 5) is 125. The summed E-state index contributed by atoms with van der Waals surface area (Å²) < 4.78 is 0. The Hall–Kier alpha value is -8.05. The molecule has 13 N–H and O–H groups in total. The third-order valence-corrected chi connectivity index (χ3v) is 11.9. The number of likely N-dealkylation sites (N-methyl/N-ethyl adjacent to an activating group) is 1. The van der Waals surface area contributed by atoms with Gasteiger partial charge in [-0.3, -0.25) is 38.6 Å². The minimum Gasteiger partial charge on any atom is -0.480 e. The second-order valence-corrected chi connectivity index (χ2v) is 18.3. The summed E-state index contributed by atoms with van der Waals surface area (Å²) in [5.74, 6) is -7.31. The minimum atomic E-state index is -1.38. The fourth-order valence-corrected chi connectivity index (χ4v) is 8.11. The quantitative estimate of drug-likeness (QED) is 0.0114. The molecule has 2 aromatic carbocycles. The molecule has 1 aromatic heterocycles. The summed E-state index contributed by atoms with van der Waals surface area (Å²) in [6.45, 7) is 6.91. The van der Waals surface area contributed by atoms with Crippen molar-refractivity contribution in [3.63, 3.8) is 0 Å². The topological polar surface area (TPSA) is 386 Å². The summed E-state index contributed by atoms with van der Waals surface area (Å²) in [7, 11) is 1.56. The monoisotopic (exact) mass is 1010 g/mol. The normalized spacial score (nSPS) is 15.5. The van der Waals surface area contributed by atoms with Crippen molar-refractivity contribution in [2.45, 2.75) is 115 Å². The summed E-state index contributed by atoms with van der Waals surface area (Å²) in [6.07, 6.45) is 3.72. The maximum Gasteiger partial charge on any atom is 0.326 e. The molecule has 4 rings (SSSR count). The fourth-order valence-electron chi connectivity index (χ4n) is 8.11. The molecule has 394 valence electrons. The van der Waals surface area contributed by atoms with Crippen molar-refractivity contribution in [2.24, 2.45) is 33.4 Å². The van der Waals surface area contributed by atoms with Crippen molar-refractivity contribution in [1.29, 1.82) is 0 Å². The fraction of sp³-hybridized carbons (Fsp3) is 0.500. The van der Waals surface area contributed by atoms with Crippen LogP contribution in [0.1, 0.15) is 70.2 Å². The van der Waals surface area contributed by atoms with Crippen molar-refractivity contribution in [1.82, 2.24) is 52.1 Å². The molecule has 7 atom stereocenters. The molecule has 1 aliphatic rings. The highest BCUT2D eigenvalue weighted by molar-refractivity contribution is 5.98. The van der Waals surface area contributed by atoms with Gasteiger partial charge in [0, 0.05) is 54.8 Å². The van der Waals surface area contributed by atoms with Crippen molar-refractivity contribution in [2.75, 3.05) is 26.7 Å². The third-order valence-electron chi connectivity index (χ3n) is 11.9. The number of aliphatic carboxylic acids is 1. The largest absolute Gasteiger partial charge is 0.480 e. The van der Waals surface area contributed by atoms with Gasteiger partial charge in [-0.2, -0.15) is 0 Å². The van der Waals surface area contributed by atoms with Gasteiger partial charge in [-0.15, -0.1) is 0 Å². The molecule has 73 heavy (non-hydrogen) atoms. The van der Waals surface area contributed by atoms with Gasteiger partial charge in [0.1, 0.15) is 42.3 Å². The lowest BCUT2D eigenvalue weighted by atomic mass is 9.98. The van der Waals surface area contributed by atoms with Crippen molar-refractivity contribution in [3.05, 3.63) is 94.4 Å². The van der Waals surface area contributed by atoms with Crippen LogP contribution >= 0.6 is 0 Å². The van der Waals surface area contributed by atoms with E-state index >= 15 is 0 Å². The number of carbonyl (C=O) groups excluding carboxylic acids is 7. The standard InChI is InChI=1S/C48H68N16O9/c1-27(2)39(60-41(66)33(56-38(65)25-52-5)13-9-19-54-48(49)50)44(69)57-34(21-30-15-17-31(18-16-30)62-63-51)42(67)61-40(28(3)4)45(70)58-35(23-32-24-53-26-55-32)46(71)64-20-10-14-37(64)43(68)59-36(47(72)73)22-29-11-7-6-8-12-29/h6-8,11-12,15-18,24,26-28,33-37,39-40,52H,9-10,13-14,19-23,25H2,1-5H3,(H,53,55)(H,56,65)(H,57,69)(H,58,70)(H,59,68)(H,60,66)(H,61,67)(H,72,73)(H4,49,50,54)/t33-,34-,35-,36-,37+,39-,40-/m0/s1. The Morgan fingerprint density at radius 1 is 0.781 bits per heavy atom. The molecule has 0 aliphatic carbocycles. The molecule has 0 radical (unpaired) electrons. The van der Waals surface area contributed by atoms with E-state index in [1.807, 2.05) is 0 Å². The maximum absolute atomic E-state index is 14.5. The van der Waals surface area contributed by atoms with Gasteiger partial charge in [0.25, 0.3) is 0 Å². The van der Waals surface area contributed by atoms with E-state index in [-0.39, 0.29) is 63.4 Å². The van der Waals surface area contributed by atoms with E-state index in [2.05, 4.69) is 62.2 Å². The van der Waals surface area contributed by atoms with Crippen LogP contribution in [0.4, 0.5) is 5.69 Å². The lowest BCUT2D eigenvalue weighted by Gasteiger charge is -2.31. The average molecular weight is 1010 g/mol. The molecule has 1 aliphatic heterocycles. The Morgan fingerprint density at radius 3 is 1.95 bits per heavy atom. The number of rotatable bonds is 28. The molecule has 1 saturated heterocycles. The van der Waals surface area contributed by atoms with E-state index in [1.54, 1.807) is 77.2 Å². The van der Waals surface area contributed by atoms with Gasteiger partial charge in [0.15, 0.2) is 5.96 Å². The summed E-state index contributed by atoms with van der Waals surface area (Å²) in [5, 5.41) is 32.5. The number of aliphatic imine (C=N–C) groups is 1. The molecule has 0 bridgehead atoms. The van der Waals surface area contributed by atoms with Crippen molar-refractivity contribution < 1.29 is 43.5 Å². The lowest BCUT2D eigenvalue weighted by molar-refractivity contribution is -0.145. The Labute approximate surface area is 422 Å². The second-order valence-electron chi connectivity index (χ2n) is 18.3. The number of hydrogen-bond donors (Lipinski definition) is 11. The van der Waals surface area contributed by atoms with E-state index in [0.717, 1.165) is 0 Å². The zero-order valence-electron chi connectivity index (χ0n) is 41.7. The number of carbonyl (C=O) groups is 8. The van der Waals surface area contributed by atoms with Crippen LogP contribution in [0.25, 0.3) is 10.4 Å². The maximum atomic E-state index is 14.5. The summed E-state index contributed by atoms with van der Waals surface area (Å²) >= 11 is 0. The number of likely N-dealkylation sites (tertiary alicyclic amines) is 1. The molecule has 7 amide bonds. The van der Waals surface area contributed by atoms with Gasteiger partial charge >= 0.3 is 5.97 Å². The van der Waals surface area contributed by atoms with Crippen LogP contribution in [0.15, 0.2) is 77.2 Å². The van der Waals surface area contributed by atoms with Gasteiger partial charge in [0.2, 0.25) is 41.4 Å². The number of hydrogen-bond acceptors (Lipinski definition) is 12. The molecule has 25 heteroatoms. The lowest BCUT2D eigenvalue weighted by Crippen LogP contribution is -2.61. The van der Waals surface area contributed by atoms with Gasteiger partial charge in [0.05, 0.1) is 12.9 Å². The number of carboxylic acids is 1. The molecular weight excluding hydrogens is 945 g/mol. The van der Waals surface area contributed by atoms with Crippen LogP contribution < -0.4 is 48.7 Å². The first-order chi connectivity index (χ1) is 34.8. The first kappa shape index (κ1) is 57.5. The molecule has 1 fully saturated rings. The van der Waals surface area contributed by atoms with Crippen LogP contribution in [-0.2, 0) is 57.6 Å².